The molecule has 1 heterocycles. The predicted molar refractivity (Wildman–Crippen MR) is 78.1 cm³/mol. The Bertz CT molecular complexity index is 788. The highest BCUT2D eigenvalue weighted by Gasteiger charge is 2.14. The molecule has 1 N–H and O–H groups in total. The van der Waals surface area contributed by atoms with Gasteiger partial charge in [-0.15, -0.1) is 0 Å². The lowest BCUT2D eigenvalue weighted by molar-refractivity contribution is 1.36. The lowest BCUT2D eigenvalue weighted by Gasteiger charge is -2.18. The van der Waals surface area contributed by atoms with Crippen LogP contribution in [0, 0.1) is 0 Å². The molecule has 2 heteroatoms. The van der Waals surface area contributed by atoms with E-state index in [9.17, 15) is 0 Å². The highest BCUT2D eigenvalue weighted by atomic mass is 15.0. The summed E-state index contributed by atoms with van der Waals surface area (Å²) in [5, 5.41) is 8.48. The van der Waals surface area contributed by atoms with Crippen LogP contribution in [0.1, 0.15) is 0 Å². The third-order valence-corrected chi connectivity index (χ3v) is 3.50. The van der Waals surface area contributed by atoms with Gasteiger partial charge in [0.25, 0.3) is 0 Å². The van der Waals surface area contributed by atoms with E-state index in [1.54, 1.807) is 0 Å². The average Bonchev–Trinajstić information content (AvgIpc) is 2.48. The van der Waals surface area contributed by atoms with Gasteiger partial charge in [-0.1, -0.05) is 48.5 Å². The van der Waals surface area contributed by atoms with Crippen LogP contribution in [0.3, 0.4) is 0 Å². The zero-order chi connectivity index (χ0) is 11.9. The minimum atomic E-state index is 0.801. The van der Waals surface area contributed by atoms with Crippen LogP contribution >= 0.6 is 0 Å². The van der Waals surface area contributed by atoms with Gasteiger partial charge in [0.15, 0.2) is 0 Å². The minimum absolute atomic E-state index is 0.801. The molecule has 0 bridgehead atoms. The fourth-order valence-electron chi connectivity index (χ4n) is 2.72. The molecule has 0 aromatic heterocycles. The molecule has 0 atom stereocenters. The molecule has 0 amide bonds. The number of rotatable bonds is 0. The van der Waals surface area contributed by atoms with E-state index in [0.717, 1.165) is 17.9 Å². The summed E-state index contributed by atoms with van der Waals surface area (Å²) in [4.78, 5) is 4.58. The normalized spacial score (nSPS) is 13.6. The van der Waals surface area contributed by atoms with Gasteiger partial charge in [-0.2, -0.15) is 0 Å². The summed E-state index contributed by atoms with van der Waals surface area (Å²) in [6.07, 6.45) is 1.93. The maximum Gasteiger partial charge on any atom is 0.0942 e. The van der Waals surface area contributed by atoms with Crippen LogP contribution in [-0.2, 0) is 0 Å². The van der Waals surface area contributed by atoms with Crippen molar-refractivity contribution in [1.82, 2.24) is 0 Å². The summed E-state index contributed by atoms with van der Waals surface area (Å²) >= 11 is 0. The molecule has 2 nitrogen and oxygen atoms in total. The zero-order valence-electron chi connectivity index (χ0n) is 9.85. The van der Waals surface area contributed by atoms with E-state index in [0.29, 0.717) is 0 Å². The third kappa shape index (κ3) is 1.20. The monoisotopic (exact) mass is 232 g/mol. The zero-order valence-corrected chi connectivity index (χ0v) is 9.85. The van der Waals surface area contributed by atoms with Crippen molar-refractivity contribution < 1.29 is 0 Å². The lowest BCUT2D eigenvalue weighted by Crippen LogP contribution is -2.07. The van der Waals surface area contributed by atoms with E-state index in [1.165, 1.54) is 21.5 Å². The summed E-state index contributed by atoms with van der Waals surface area (Å²) in [5.74, 6) is 0. The highest BCUT2D eigenvalue weighted by molar-refractivity contribution is 6.20. The van der Waals surface area contributed by atoms with Gasteiger partial charge in [0, 0.05) is 17.0 Å². The van der Waals surface area contributed by atoms with E-state index in [2.05, 4.69) is 58.8 Å². The summed E-state index contributed by atoms with van der Waals surface area (Å²) in [5.41, 5.74) is 2.22. The Labute approximate surface area is 105 Å². The third-order valence-electron chi connectivity index (χ3n) is 3.50. The van der Waals surface area contributed by atoms with Crippen LogP contribution in [0.15, 0.2) is 53.5 Å². The Kier molecular flexibility index (Phi) is 1.92. The van der Waals surface area contributed by atoms with Gasteiger partial charge in [-0.3, -0.25) is 4.99 Å². The molecule has 18 heavy (non-hydrogen) atoms. The summed E-state index contributed by atoms with van der Waals surface area (Å²) < 4.78 is 0. The van der Waals surface area contributed by atoms with Crippen molar-refractivity contribution in [3.8, 4) is 0 Å². The average molecular weight is 232 g/mol. The van der Waals surface area contributed by atoms with Gasteiger partial charge >= 0.3 is 0 Å². The Morgan fingerprint density at radius 3 is 2.17 bits per heavy atom. The largest absolute Gasteiger partial charge is 0.378 e. The molecule has 3 aromatic carbocycles. The number of aliphatic imine (C=N–C) groups is 1. The number of nitrogens with zero attached hydrogens (tertiary/aromatic N) is 1. The van der Waals surface area contributed by atoms with E-state index in [4.69, 9.17) is 0 Å². The lowest BCUT2D eigenvalue weighted by atomic mass is 9.98. The van der Waals surface area contributed by atoms with E-state index >= 15 is 0 Å². The number of nitrogens with one attached hydrogen (secondary N) is 1. The molecule has 0 saturated heterocycles. The number of benzene rings is 3. The predicted octanol–water partition coefficient (Wildman–Crippen LogP) is 4.12. The summed E-state index contributed by atoms with van der Waals surface area (Å²) in [7, 11) is 0. The van der Waals surface area contributed by atoms with Crippen molar-refractivity contribution in [2.24, 2.45) is 4.99 Å². The Balaban J connectivity index is 2.33. The van der Waals surface area contributed by atoms with E-state index in [1.807, 2.05) is 6.21 Å². The van der Waals surface area contributed by atoms with Gasteiger partial charge in [0.2, 0.25) is 0 Å². The Morgan fingerprint density at radius 2 is 1.39 bits per heavy atom. The Hall–Kier alpha value is -2.35. The minimum Gasteiger partial charge on any atom is -0.378 e. The van der Waals surface area contributed by atoms with Gasteiger partial charge in [-0.25, -0.2) is 0 Å². The molecular formula is C16H12N2. The van der Waals surface area contributed by atoms with Crippen LogP contribution < -0.4 is 5.32 Å². The second-order valence-corrected chi connectivity index (χ2v) is 4.51. The molecule has 86 valence electrons. The van der Waals surface area contributed by atoms with Crippen LogP contribution in [0.4, 0.5) is 11.4 Å². The first kappa shape index (κ1) is 9.66. The number of fused-ring (bicyclic) bond motifs is 6. The van der Waals surface area contributed by atoms with Gasteiger partial charge < -0.3 is 5.32 Å². The summed E-state index contributed by atoms with van der Waals surface area (Å²) in [6, 6.07) is 17.0. The molecule has 0 aliphatic carbocycles. The van der Waals surface area contributed by atoms with Crippen LogP contribution in [0.2, 0.25) is 0 Å². The number of hydrogen-bond acceptors (Lipinski definition) is 2. The first-order valence-electron chi connectivity index (χ1n) is 6.15. The number of anilines is 1. The van der Waals surface area contributed by atoms with Crippen molar-refractivity contribution >= 4 is 39.1 Å². The summed E-state index contributed by atoms with van der Waals surface area (Å²) in [6.45, 7) is 0.801. The topological polar surface area (TPSA) is 24.4 Å². The number of hydrogen-bond donors (Lipinski definition) is 1. The second kappa shape index (κ2) is 3.57. The van der Waals surface area contributed by atoms with Crippen LogP contribution in [0.25, 0.3) is 21.5 Å². The maximum atomic E-state index is 4.58. The van der Waals surface area contributed by atoms with Crippen molar-refractivity contribution in [1.29, 1.82) is 0 Å². The molecule has 3 aromatic rings. The molecule has 0 unspecified atom stereocenters. The van der Waals surface area contributed by atoms with Crippen molar-refractivity contribution in [2.45, 2.75) is 0 Å². The standard InChI is InChI=1S/C16H12N2/c1-3-7-13-11(5-1)12-6-2-4-8-14(12)16-15(13)17-9-10-18-16/h1-9,18H,10H2. The first-order chi connectivity index (χ1) is 8.95. The maximum absolute atomic E-state index is 4.58. The quantitative estimate of drug-likeness (QED) is 0.579. The molecule has 1 aliphatic rings. The Morgan fingerprint density at radius 1 is 0.778 bits per heavy atom. The fraction of sp³-hybridized carbons (Fsp3) is 0.0625. The smallest absolute Gasteiger partial charge is 0.0942 e. The first-order valence-corrected chi connectivity index (χ1v) is 6.15. The molecule has 0 saturated carbocycles. The molecule has 0 spiro atoms. The fourth-order valence-corrected chi connectivity index (χ4v) is 2.72. The molecule has 0 fully saturated rings. The molecule has 4 rings (SSSR count). The van der Waals surface area contributed by atoms with Crippen LogP contribution in [-0.4, -0.2) is 12.8 Å². The van der Waals surface area contributed by atoms with Crippen molar-refractivity contribution in [2.75, 3.05) is 11.9 Å². The van der Waals surface area contributed by atoms with Crippen molar-refractivity contribution in [3.63, 3.8) is 0 Å². The molecular weight excluding hydrogens is 220 g/mol. The van der Waals surface area contributed by atoms with Gasteiger partial charge in [0.05, 0.1) is 17.9 Å². The van der Waals surface area contributed by atoms with E-state index in [-0.39, 0.29) is 0 Å². The molecule has 0 radical (unpaired) electrons. The van der Waals surface area contributed by atoms with Crippen molar-refractivity contribution in [3.05, 3.63) is 48.5 Å². The van der Waals surface area contributed by atoms with Gasteiger partial charge in [-0.05, 0) is 10.8 Å². The highest BCUT2D eigenvalue weighted by Crippen LogP contribution is 2.42. The molecule has 1 aliphatic heterocycles. The van der Waals surface area contributed by atoms with Crippen LogP contribution in [0.5, 0.6) is 0 Å². The van der Waals surface area contributed by atoms with E-state index < -0.39 is 0 Å². The SMILES string of the molecule is C1=Nc2c(c3ccccc3c3ccccc23)NC1. The van der Waals surface area contributed by atoms with Gasteiger partial charge in [0.1, 0.15) is 0 Å². The second-order valence-electron chi connectivity index (χ2n) is 4.51.